The molecule has 0 saturated heterocycles. The number of rotatable bonds is 5. The van der Waals surface area contributed by atoms with Crippen LogP contribution in [0.5, 0.6) is 0 Å². The smallest absolute Gasteiger partial charge is 0.387 e. The second kappa shape index (κ2) is 6.12. The van der Waals surface area contributed by atoms with Crippen molar-refractivity contribution in [3.05, 3.63) is 0 Å². The summed E-state index contributed by atoms with van der Waals surface area (Å²) in [6, 6.07) is 0. The van der Waals surface area contributed by atoms with E-state index >= 15 is 0 Å². The molecule has 0 saturated carbocycles. The molecule has 14 heavy (non-hydrogen) atoms. The van der Waals surface area contributed by atoms with Crippen LogP contribution in [-0.4, -0.2) is 30.4 Å². The molecule has 0 aromatic heterocycles. The summed E-state index contributed by atoms with van der Waals surface area (Å²) in [5.41, 5.74) is 0. The van der Waals surface area contributed by atoms with E-state index in [-0.39, 0.29) is 12.7 Å². The standard InChI is InChI=1S/C9H14O5/c1-4-6(3)14-9(12)7(10)8(11)13-5-2/h6H,4-5H2,1-3H3. The fourth-order valence-electron chi connectivity index (χ4n) is 0.600. The number of Topliss-reactive ketones (excluding diaryl/α,β-unsaturated/α-hetero) is 1. The SMILES string of the molecule is CCOC(=O)C(=O)C(=O)OC(C)CC. The summed E-state index contributed by atoms with van der Waals surface area (Å²) in [5, 5.41) is 0. The molecule has 0 bridgehead atoms. The normalized spacial score (nSPS) is 11.6. The molecular formula is C9H14O5. The Labute approximate surface area is 82.4 Å². The van der Waals surface area contributed by atoms with Crippen LogP contribution < -0.4 is 0 Å². The molecule has 0 aliphatic rings. The number of ether oxygens (including phenoxy) is 2. The van der Waals surface area contributed by atoms with E-state index in [0.717, 1.165) is 0 Å². The lowest BCUT2D eigenvalue weighted by Gasteiger charge is -2.08. The minimum absolute atomic E-state index is 0.0567. The molecule has 5 heteroatoms. The quantitative estimate of drug-likeness (QED) is 0.368. The Morgan fingerprint density at radius 2 is 1.71 bits per heavy atom. The fourth-order valence-corrected chi connectivity index (χ4v) is 0.600. The molecule has 0 heterocycles. The van der Waals surface area contributed by atoms with Gasteiger partial charge in [0.25, 0.3) is 0 Å². The van der Waals surface area contributed by atoms with Crippen LogP contribution in [0.15, 0.2) is 0 Å². The lowest BCUT2D eigenvalue weighted by Crippen LogP contribution is -2.30. The summed E-state index contributed by atoms with van der Waals surface area (Å²) >= 11 is 0. The minimum atomic E-state index is -1.26. The third-order valence-corrected chi connectivity index (χ3v) is 1.53. The summed E-state index contributed by atoms with van der Waals surface area (Å²) in [6.45, 7) is 5.04. The molecule has 0 amide bonds. The van der Waals surface area contributed by atoms with Gasteiger partial charge in [0.1, 0.15) is 0 Å². The molecular weight excluding hydrogens is 188 g/mol. The van der Waals surface area contributed by atoms with E-state index < -0.39 is 17.7 Å². The lowest BCUT2D eigenvalue weighted by molar-refractivity contribution is -0.166. The van der Waals surface area contributed by atoms with Crippen molar-refractivity contribution < 1.29 is 23.9 Å². The molecule has 0 aliphatic heterocycles. The second-order valence-electron chi connectivity index (χ2n) is 2.67. The maximum Gasteiger partial charge on any atom is 0.387 e. The highest BCUT2D eigenvalue weighted by Gasteiger charge is 2.26. The molecule has 0 aromatic rings. The van der Waals surface area contributed by atoms with Gasteiger partial charge in [-0.3, -0.25) is 4.79 Å². The van der Waals surface area contributed by atoms with Gasteiger partial charge >= 0.3 is 17.7 Å². The van der Waals surface area contributed by atoms with Crippen LogP contribution in [0.1, 0.15) is 27.2 Å². The topological polar surface area (TPSA) is 69.7 Å². The molecule has 0 rings (SSSR count). The van der Waals surface area contributed by atoms with E-state index in [1.54, 1.807) is 20.8 Å². The van der Waals surface area contributed by atoms with Gasteiger partial charge in [0.15, 0.2) is 0 Å². The fraction of sp³-hybridized carbons (Fsp3) is 0.667. The number of ketones is 1. The molecule has 0 radical (unpaired) electrons. The zero-order valence-electron chi connectivity index (χ0n) is 8.53. The monoisotopic (exact) mass is 202 g/mol. The average molecular weight is 202 g/mol. The molecule has 0 fully saturated rings. The van der Waals surface area contributed by atoms with Crippen LogP contribution in [0, 0.1) is 0 Å². The number of esters is 2. The van der Waals surface area contributed by atoms with Gasteiger partial charge in [0, 0.05) is 0 Å². The van der Waals surface area contributed by atoms with Crippen LogP contribution in [-0.2, 0) is 23.9 Å². The second-order valence-corrected chi connectivity index (χ2v) is 2.67. The number of hydrogen-bond acceptors (Lipinski definition) is 5. The third-order valence-electron chi connectivity index (χ3n) is 1.53. The van der Waals surface area contributed by atoms with Gasteiger partial charge in [0.05, 0.1) is 12.7 Å². The Hall–Kier alpha value is -1.39. The van der Waals surface area contributed by atoms with Gasteiger partial charge in [-0.25, -0.2) is 9.59 Å². The van der Waals surface area contributed by atoms with E-state index in [4.69, 9.17) is 0 Å². The first-order chi connectivity index (χ1) is 6.52. The molecule has 1 atom stereocenters. The minimum Gasteiger partial charge on any atom is -0.460 e. The van der Waals surface area contributed by atoms with E-state index in [1.165, 1.54) is 0 Å². The summed E-state index contributed by atoms with van der Waals surface area (Å²) < 4.78 is 8.99. The van der Waals surface area contributed by atoms with E-state index in [9.17, 15) is 14.4 Å². The van der Waals surface area contributed by atoms with Gasteiger partial charge in [0.2, 0.25) is 0 Å². The third kappa shape index (κ3) is 4.02. The maximum absolute atomic E-state index is 11.0. The maximum atomic E-state index is 11.0. The van der Waals surface area contributed by atoms with Gasteiger partial charge in [-0.05, 0) is 20.3 Å². The predicted octanol–water partition coefficient (Wildman–Crippen LogP) is 0.460. The molecule has 80 valence electrons. The Morgan fingerprint density at radius 1 is 1.14 bits per heavy atom. The average Bonchev–Trinajstić information content (AvgIpc) is 2.16. The molecule has 0 spiro atoms. The Bertz CT molecular complexity index is 233. The molecule has 1 unspecified atom stereocenters. The van der Waals surface area contributed by atoms with Crippen LogP contribution in [0.25, 0.3) is 0 Å². The summed E-state index contributed by atoms with van der Waals surface area (Å²) in [6.07, 6.45) is 0.211. The van der Waals surface area contributed by atoms with Gasteiger partial charge in [-0.15, -0.1) is 0 Å². The van der Waals surface area contributed by atoms with E-state index in [0.29, 0.717) is 6.42 Å². The first-order valence-electron chi connectivity index (χ1n) is 4.44. The summed E-state index contributed by atoms with van der Waals surface area (Å²) in [7, 11) is 0. The Morgan fingerprint density at radius 3 is 2.14 bits per heavy atom. The van der Waals surface area contributed by atoms with E-state index in [1.807, 2.05) is 0 Å². The zero-order valence-corrected chi connectivity index (χ0v) is 8.53. The molecule has 0 aromatic carbocycles. The van der Waals surface area contributed by atoms with Crippen molar-refractivity contribution in [2.45, 2.75) is 33.3 Å². The van der Waals surface area contributed by atoms with Crippen molar-refractivity contribution in [3.63, 3.8) is 0 Å². The van der Waals surface area contributed by atoms with Crippen molar-refractivity contribution in [2.24, 2.45) is 0 Å². The van der Waals surface area contributed by atoms with Crippen molar-refractivity contribution >= 4 is 17.7 Å². The van der Waals surface area contributed by atoms with Gasteiger partial charge in [-0.1, -0.05) is 6.92 Å². The van der Waals surface area contributed by atoms with Crippen molar-refractivity contribution in [1.29, 1.82) is 0 Å². The highest BCUT2D eigenvalue weighted by Crippen LogP contribution is 1.97. The summed E-state index contributed by atoms with van der Waals surface area (Å²) in [5.74, 6) is -3.58. The first kappa shape index (κ1) is 12.6. The number of carbonyl (C=O) groups excluding carboxylic acids is 3. The molecule has 0 aliphatic carbocycles. The molecule has 5 nitrogen and oxygen atoms in total. The summed E-state index contributed by atoms with van der Waals surface area (Å²) in [4.78, 5) is 32.7. The number of carbonyl (C=O) groups is 3. The number of hydrogen-bond donors (Lipinski definition) is 0. The van der Waals surface area contributed by atoms with Crippen molar-refractivity contribution in [1.82, 2.24) is 0 Å². The van der Waals surface area contributed by atoms with E-state index in [2.05, 4.69) is 9.47 Å². The van der Waals surface area contributed by atoms with Gasteiger partial charge < -0.3 is 9.47 Å². The van der Waals surface area contributed by atoms with Crippen LogP contribution >= 0.6 is 0 Å². The zero-order chi connectivity index (χ0) is 11.1. The van der Waals surface area contributed by atoms with Crippen LogP contribution in [0.2, 0.25) is 0 Å². The largest absolute Gasteiger partial charge is 0.460 e. The first-order valence-corrected chi connectivity index (χ1v) is 4.44. The highest BCUT2D eigenvalue weighted by molar-refractivity contribution is 6.60. The highest BCUT2D eigenvalue weighted by atomic mass is 16.6. The van der Waals surface area contributed by atoms with Gasteiger partial charge in [-0.2, -0.15) is 0 Å². The lowest BCUT2D eigenvalue weighted by atomic mass is 10.3. The Kier molecular flexibility index (Phi) is 5.52. The van der Waals surface area contributed by atoms with Crippen molar-refractivity contribution in [2.75, 3.05) is 6.61 Å². The predicted molar refractivity (Wildman–Crippen MR) is 47.5 cm³/mol. The van der Waals surface area contributed by atoms with Crippen molar-refractivity contribution in [3.8, 4) is 0 Å². The molecule has 0 N–H and O–H groups in total. The van der Waals surface area contributed by atoms with Crippen LogP contribution in [0.3, 0.4) is 0 Å². The van der Waals surface area contributed by atoms with Crippen LogP contribution in [0.4, 0.5) is 0 Å². The Balaban J connectivity index is 4.12.